The van der Waals surface area contributed by atoms with Crippen molar-refractivity contribution in [2.75, 3.05) is 6.61 Å². The van der Waals surface area contributed by atoms with Crippen molar-refractivity contribution in [3.05, 3.63) is 64.5 Å². The van der Waals surface area contributed by atoms with Crippen LogP contribution in [0.5, 0.6) is 0 Å². The van der Waals surface area contributed by atoms with Crippen LogP contribution in [0.25, 0.3) is 0 Å². The molecule has 172 valence electrons. The van der Waals surface area contributed by atoms with E-state index >= 15 is 0 Å². The molecule has 0 unspecified atom stereocenters. The van der Waals surface area contributed by atoms with Crippen molar-refractivity contribution in [1.29, 1.82) is 0 Å². The number of aliphatic imine (C=N–C) groups is 1. The standard InChI is InChI=1S/C24H32N4O3S/c1-16(2)32(29,30)22-12-10-20(11-13-22)19(5)27-23(18(4)25)15-31-24(28-26-6)21-9-7-8-17(3)14-21/h8,10-14,16H,6-7,9,15,25H2,1-5H3/b23-18-,27-19+,28-24-. The molecule has 1 aliphatic carbocycles. The van der Waals surface area contributed by atoms with Crippen LogP contribution in [-0.2, 0) is 14.6 Å². The molecule has 0 aromatic heterocycles. The highest BCUT2D eigenvalue weighted by Gasteiger charge is 2.19. The zero-order chi connectivity index (χ0) is 23.9. The van der Waals surface area contributed by atoms with E-state index in [2.05, 4.69) is 28.0 Å². The molecule has 0 atom stereocenters. The molecular weight excluding hydrogens is 424 g/mol. The Labute approximate surface area is 191 Å². The van der Waals surface area contributed by atoms with E-state index in [-0.39, 0.29) is 6.61 Å². The minimum Gasteiger partial charge on any atom is -0.470 e. The fourth-order valence-electron chi connectivity index (χ4n) is 3.08. The van der Waals surface area contributed by atoms with Crippen LogP contribution in [0.2, 0.25) is 0 Å². The monoisotopic (exact) mass is 456 g/mol. The van der Waals surface area contributed by atoms with Crippen LogP contribution < -0.4 is 5.73 Å². The first-order valence-corrected chi connectivity index (χ1v) is 12.0. The van der Waals surface area contributed by atoms with E-state index in [0.717, 1.165) is 29.6 Å². The first-order valence-electron chi connectivity index (χ1n) is 10.4. The number of hydrogen-bond acceptors (Lipinski definition) is 7. The van der Waals surface area contributed by atoms with Crippen LogP contribution in [0.1, 0.15) is 53.0 Å². The quantitative estimate of drug-likeness (QED) is 0.351. The number of rotatable bonds is 8. The molecule has 0 radical (unpaired) electrons. The summed E-state index contributed by atoms with van der Waals surface area (Å²) in [6, 6.07) is 6.69. The first kappa shape index (κ1) is 25.3. The Bertz CT molecular complexity index is 1100. The summed E-state index contributed by atoms with van der Waals surface area (Å²) in [5.74, 6) is 0.405. The maximum absolute atomic E-state index is 12.3. The number of allylic oxidation sites excluding steroid dienone is 4. The van der Waals surface area contributed by atoms with Crippen LogP contribution in [0.3, 0.4) is 0 Å². The van der Waals surface area contributed by atoms with Gasteiger partial charge in [0.25, 0.3) is 0 Å². The fraction of sp³-hybridized carbons (Fsp3) is 0.375. The van der Waals surface area contributed by atoms with Gasteiger partial charge in [-0.1, -0.05) is 29.9 Å². The molecule has 2 N–H and O–H groups in total. The van der Waals surface area contributed by atoms with Gasteiger partial charge in [-0.25, -0.2) is 8.42 Å². The molecule has 0 saturated carbocycles. The second-order valence-corrected chi connectivity index (χ2v) is 10.4. The summed E-state index contributed by atoms with van der Waals surface area (Å²) in [6.07, 6.45) is 5.90. The van der Waals surface area contributed by atoms with E-state index < -0.39 is 15.1 Å². The van der Waals surface area contributed by atoms with Gasteiger partial charge in [0.05, 0.1) is 15.8 Å². The van der Waals surface area contributed by atoms with Crippen molar-refractivity contribution in [3.63, 3.8) is 0 Å². The highest BCUT2D eigenvalue weighted by atomic mass is 32.2. The Morgan fingerprint density at radius 3 is 2.41 bits per heavy atom. The van der Waals surface area contributed by atoms with Crippen LogP contribution >= 0.6 is 0 Å². The molecule has 0 bridgehead atoms. The van der Waals surface area contributed by atoms with Crippen molar-refractivity contribution in [2.24, 2.45) is 20.9 Å². The van der Waals surface area contributed by atoms with Crippen molar-refractivity contribution in [3.8, 4) is 0 Å². The summed E-state index contributed by atoms with van der Waals surface area (Å²) in [6.45, 7) is 12.5. The third kappa shape index (κ3) is 6.50. The van der Waals surface area contributed by atoms with E-state index in [4.69, 9.17) is 10.5 Å². The zero-order valence-electron chi connectivity index (χ0n) is 19.4. The topological polar surface area (TPSA) is 106 Å². The Balaban J connectivity index is 2.22. The summed E-state index contributed by atoms with van der Waals surface area (Å²) >= 11 is 0. The normalized spacial score (nSPS) is 16.3. The van der Waals surface area contributed by atoms with Gasteiger partial charge in [0.15, 0.2) is 9.84 Å². The van der Waals surface area contributed by atoms with E-state index in [1.165, 1.54) is 0 Å². The second kappa shape index (κ2) is 11.0. The van der Waals surface area contributed by atoms with Crippen molar-refractivity contribution in [2.45, 2.75) is 57.6 Å². The minimum atomic E-state index is -3.32. The summed E-state index contributed by atoms with van der Waals surface area (Å²) in [5, 5.41) is 7.19. The minimum absolute atomic E-state index is 0.119. The Hall–Kier alpha value is -3.00. The van der Waals surface area contributed by atoms with Crippen molar-refractivity contribution in [1.82, 2.24) is 0 Å². The molecule has 1 aromatic carbocycles. The number of hydrogen-bond donors (Lipinski definition) is 1. The third-order valence-corrected chi connectivity index (χ3v) is 7.21. The average Bonchev–Trinajstić information content (AvgIpc) is 2.75. The van der Waals surface area contributed by atoms with Gasteiger partial charge < -0.3 is 10.5 Å². The zero-order valence-corrected chi connectivity index (χ0v) is 20.2. The lowest BCUT2D eigenvalue weighted by atomic mass is 10.0. The average molecular weight is 457 g/mol. The summed E-state index contributed by atoms with van der Waals surface area (Å²) in [5.41, 5.74) is 10.7. The van der Waals surface area contributed by atoms with Gasteiger partial charge in [0, 0.05) is 23.7 Å². The van der Waals surface area contributed by atoms with E-state index in [1.54, 1.807) is 45.0 Å². The largest absolute Gasteiger partial charge is 0.470 e. The lowest BCUT2D eigenvalue weighted by Gasteiger charge is -2.15. The molecule has 0 amide bonds. The van der Waals surface area contributed by atoms with Gasteiger partial charge >= 0.3 is 0 Å². The van der Waals surface area contributed by atoms with Crippen molar-refractivity contribution < 1.29 is 13.2 Å². The van der Waals surface area contributed by atoms with Gasteiger partial charge in [-0.3, -0.25) is 4.99 Å². The SMILES string of the molecule is C=N/N=C(\OCC(/N=C(\C)c1ccc(S(=O)(=O)C(C)C)cc1)=C(\C)N)C1=CC(C)=CCC1. The summed E-state index contributed by atoms with van der Waals surface area (Å²) in [4.78, 5) is 4.92. The second-order valence-electron chi connectivity index (χ2n) is 7.94. The Kier molecular flexibility index (Phi) is 8.72. The van der Waals surface area contributed by atoms with Crippen LogP contribution in [0.4, 0.5) is 0 Å². The molecule has 7 nitrogen and oxygen atoms in total. The first-order chi connectivity index (χ1) is 15.1. The number of sulfone groups is 1. The molecule has 0 saturated heterocycles. The van der Waals surface area contributed by atoms with E-state index in [0.29, 0.717) is 27.9 Å². The molecule has 32 heavy (non-hydrogen) atoms. The maximum Gasteiger partial charge on any atom is 0.236 e. The van der Waals surface area contributed by atoms with Gasteiger partial charge in [0.2, 0.25) is 5.90 Å². The fourth-order valence-corrected chi connectivity index (χ4v) is 4.14. The number of ether oxygens (including phenoxy) is 1. The number of nitrogens with zero attached hydrogens (tertiary/aromatic N) is 3. The lowest BCUT2D eigenvalue weighted by molar-refractivity contribution is 0.334. The molecule has 0 spiro atoms. The van der Waals surface area contributed by atoms with Gasteiger partial charge in [-0.15, -0.1) is 5.10 Å². The molecular formula is C24H32N4O3S. The molecule has 2 rings (SSSR count). The summed E-state index contributed by atoms with van der Waals surface area (Å²) < 4.78 is 30.6. The molecule has 0 heterocycles. The highest BCUT2D eigenvalue weighted by Crippen LogP contribution is 2.20. The highest BCUT2D eigenvalue weighted by molar-refractivity contribution is 7.92. The van der Waals surface area contributed by atoms with Crippen molar-refractivity contribution >= 4 is 28.2 Å². The van der Waals surface area contributed by atoms with Gasteiger partial charge in [-0.2, -0.15) is 5.10 Å². The number of nitrogens with two attached hydrogens (primary N) is 1. The molecule has 0 aliphatic heterocycles. The Morgan fingerprint density at radius 1 is 1.22 bits per heavy atom. The maximum atomic E-state index is 12.3. The van der Waals surface area contributed by atoms with Crippen LogP contribution in [0, 0.1) is 0 Å². The molecule has 0 fully saturated rings. The van der Waals surface area contributed by atoms with Gasteiger partial charge in [-0.05, 0) is 65.2 Å². The lowest BCUT2D eigenvalue weighted by Crippen LogP contribution is -2.15. The predicted molar refractivity (Wildman–Crippen MR) is 132 cm³/mol. The van der Waals surface area contributed by atoms with E-state index in [1.807, 2.05) is 19.9 Å². The molecule has 1 aliphatic rings. The third-order valence-electron chi connectivity index (χ3n) is 5.04. The summed E-state index contributed by atoms with van der Waals surface area (Å²) in [7, 11) is -3.32. The van der Waals surface area contributed by atoms with Crippen LogP contribution in [0.15, 0.2) is 79.0 Å². The molecule has 8 heteroatoms. The predicted octanol–water partition coefficient (Wildman–Crippen LogP) is 4.57. The van der Waals surface area contributed by atoms with Crippen LogP contribution in [-0.4, -0.2) is 38.6 Å². The molecule has 1 aromatic rings. The van der Waals surface area contributed by atoms with E-state index in [9.17, 15) is 8.42 Å². The number of benzene rings is 1. The van der Waals surface area contributed by atoms with Gasteiger partial charge in [0.1, 0.15) is 6.61 Å². The Morgan fingerprint density at radius 2 is 1.88 bits per heavy atom. The smallest absolute Gasteiger partial charge is 0.236 e.